The Bertz CT molecular complexity index is 854. The van der Waals surface area contributed by atoms with Gasteiger partial charge in [-0.2, -0.15) is 13.2 Å². The molecule has 0 aromatic heterocycles. The third-order valence-corrected chi connectivity index (χ3v) is 6.50. The number of benzene rings is 1. The molecule has 1 aromatic carbocycles. The number of primary amides is 1. The van der Waals surface area contributed by atoms with Crippen LogP contribution in [0.1, 0.15) is 50.5 Å². The standard InChI is InChI=1S/C20H24F4N4O2S/c21-12-7-8-15(14(11-12)20(22,23)24)28(18(25)30)10-9-16-17(29)27-19(31-16)26-13-5-3-1-2-4-6-13/h7-8,11,13,16H,1-6,9-10H2,(H2,25,30)(H,26,27,29). The van der Waals surface area contributed by atoms with Crippen LogP contribution in [0.4, 0.5) is 28.0 Å². The number of hydrogen-bond donors (Lipinski definition) is 2. The number of carbonyl (C=O) groups is 2. The van der Waals surface area contributed by atoms with Crippen molar-refractivity contribution in [2.24, 2.45) is 10.7 Å². The van der Waals surface area contributed by atoms with E-state index in [1.54, 1.807) is 0 Å². The van der Waals surface area contributed by atoms with Crippen molar-refractivity contribution >= 4 is 34.6 Å². The quantitative estimate of drug-likeness (QED) is 0.503. The molecule has 3 rings (SSSR count). The summed E-state index contributed by atoms with van der Waals surface area (Å²) in [5.41, 5.74) is 3.45. The maximum absolute atomic E-state index is 13.4. The fraction of sp³-hybridized carbons (Fsp3) is 0.550. The fourth-order valence-electron chi connectivity index (χ4n) is 3.78. The number of aliphatic imine (C=N–C) groups is 1. The van der Waals surface area contributed by atoms with Crippen molar-refractivity contribution in [2.75, 3.05) is 11.4 Å². The van der Waals surface area contributed by atoms with E-state index in [-0.39, 0.29) is 24.9 Å². The Labute approximate surface area is 181 Å². The number of amides is 3. The minimum Gasteiger partial charge on any atom is -0.351 e. The average molecular weight is 460 g/mol. The number of alkyl halides is 3. The second-order valence-corrected chi connectivity index (χ2v) is 8.80. The first-order valence-corrected chi connectivity index (χ1v) is 11.0. The first kappa shape index (κ1) is 23.4. The number of thioether (sulfide) groups is 1. The van der Waals surface area contributed by atoms with Crippen LogP contribution >= 0.6 is 11.8 Å². The third-order valence-electron chi connectivity index (χ3n) is 5.34. The van der Waals surface area contributed by atoms with Crippen molar-refractivity contribution < 1.29 is 27.2 Å². The highest BCUT2D eigenvalue weighted by Crippen LogP contribution is 2.37. The molecule has 2 aliphatic rings. The molecule has 2 fully saturated rings. The number of nitrogens with two attached hydrogens (primary N) is 1. The topological polar surface area (TPSA) is 87.8 Å². The number of carbonyl (C=O) groups excluding carboxylic acids is 2. The van der Waals surface area contributed by atoms with Gasteiger partial charge in [-0.15, -0.1) is 0 Å². The first-order valence-electron chi connectivity index (χ1n) is 10.1. The van der Waals surface area contributed by atoms with Crippen molar-refractivity contribution in [1.29, 1.82) is 0 Å². The third kappa shape index (κ3) is 6.11. The lowest BCUT2D eigenvalue weighted by Crippen LogP contribution is -2.39. The summed E-state index contributed by atoms with van der Waals surface area (Å²) in [6.45, 7) is -0.230. The average Bonchev–Trinajstić information content (AvgIpc) is 2.87. The van der Waals surface area contributed by atoms with Gasteiger partial charge in [-0.05, 0) is 37.5 Å². The molecule has 0 radical (unpaired) electrons. The van der Waals surface area contributed by atoms with Gasteiger partial charge in [0.25, 0.3) is 0 Å². The van der Waals surface area contributed by atoms with Crippen LogP contribution in [-0.2, 0) is 11.0 Å². The SMILES string of the molecule is NC(=O)N(CCC1SC(=NC2CCCCCC2)NC1=O)c1ccc(F)cc1C(F)(F)F. The number of urea groups is 1. The van der Waals surface area contributed by atoms with Gasteiger partial charge in [0.1, 0.15) is 5.82 Å². The molecule has 1 unspecified atom stereocenters. The molecule has 1 heterocycles. The normalized spacial score (nSPS) is 21.7. The molecule has 3 amide bonds. The fourth-order valence-corrected chi connectivity index (χ4v) is 4.80. The number of nitrogens with one attached hydrogen (secondary N) is 1. The van der Waals surface area contributed by atoms with E-state index in [1.807, 2.05) is 0 Å². The molecule has 1 saturated carbocycles. The van der Waals surface area contributed by atoms with Crippen molar-refractivity contribution in [3.63, 3.8) is 0 Å². The zero-order chi connectivity index (χ0) is 22.6. The van der Waals surface area contributed by atoms with Gasteiger partial charge in [0.05, 0.1) is 22.5 Å². The number of rotatable bonds is 5. The lowest BCUT2D eigenvalue weighted by atomic mass is 10.1. The van der Waals surface area contributed by atoms with Crippen LogP contribution in [0, 0.1) is 5.82 Å². The van der Waals surface area contributed by atoms with E-state index in [1.165, 1.54) is 24.6 Å². The second kappa shape index (κ2) is 9.88. The predicted octanol–water partition coefficient (Wildman–Crippen LogP) is 4.43. The smallest absolute Gasteiger partial charge is 0.351 e. The highest BCUT2D eigenvalue weighted by molar-refractivity contribution is 8.15. The Kier molecular flexibility index (Phi) is 7.45. The molecule has 1 saturated heterocycles. The zero-order valence-corrected chi connectivity index (χ0v) is 17.6. The van der Waals surface area contributed by atoms with Crippen LogP contribution in [0.3, 0.4) is 0 Å². The van der Waals surface area contributed by atoms with Crippen LogP contribution in [-0.4, -0.2) is 34.9 Å². The minimum atomic E-state index is -4.87. The zero-order valence-electron chi connectivity index (χ0n) is 16.8. The van der Waals surface area contributed by atoms with Gasteiger partial charge in [-0.3, -0.25) is 14.7 Å². The summed E-state index contributed by atoms with van der Waals surface area (Å²) in [7, 11) is 0. The van der Waals surface area contributed by atoms with E-state index in [0.29, 0.717) is 11.2 Å². The van der Waals surface area contributed by atoms with Gasteiger partial charge in [0.2, 0.25) is 5.91 Å². The summed E-state index contributed by atoms with van der Waals surface area (Å²) in [6.07, 6.45) is 1.66. The van der Waals surface area contributed by atoms with Crippen LogP contribution in [0.2, 0.25) is 0 Å². The van der Waals surface area contributed by atoms with Crippen LogP contribution < -0.4 is 16.0 Å². The van der Waals surface area contributed by atoms with Crippen LogP contribution in [0.5, 0.6) is 0 Å². The molecule has 0 bridgehead atoms. The van der Waals surface area contributed by atoms with E-state index in [0.717, 1.165) is 42.7 Å². The van der Waals surface area contributed by atoms with Crippen molar-refractivity contribution in [2.45, 2.75) is 62.4 Å². The van der Waals surface area contributed by atoms with Gasteiger partial charge in [-0.25, -0.2) is 9.18 Å². The van der Waals surface area contributed by atoms with Gasteiger partial charge in [0, 0.05) is 6.54 Å². The van der Waals surface area contributed by atoms with Gasteiger partial charge >= 0.3 is 12.2 Å². The lowest BCUT2D eigenvalue weighted by molar-refractivity contribution is -0.137. The van der Waals surface area contributed by atoms with E-state index in [9.17, 15) is 27.2 Å². The summed E-state index contributed by atoms with van der Waals surface area (Å²) in [5.74, 6) is -1.39. The molecule has 6 nitrogen and oxygen atoms in total. The largest absolute Gasteiger partial charge is 0.418 e. The number of halogens is 4. The number of nitrogens with zero attached hydrogens (tertiary/aromatic N) is 2. The maximum atomic E-state index is 13.4. The van der Waals surface area contributed by atoms with Crippen molar-refractivity contribution in [3.05, 3.63) is 29.6 Å². The molecule has 1 aliphatic heterocycles. The Balaban J connectivity index is 1.70. The van der Waals surface area contributed by atoms with Gasteiger partial charge in [-0.1, -0.05) is 37.4 Å². The van der Waals surface area contributed by atoms with E-state index < -0.39 is 34.5 Å². The maximum Gasteiger partial charge on any atom is 0.418 e. The monoisotopic (exact) mass is 460 g/mol. The molecule has 170 valence electrons. The summed E-state index contributed by atoms with van der Waals surface area (Å²) >= 11 is 1.21. The summed E-state index contributed by atoms with van der Waals surface area (Å²) in [5, 5.41) is 2.61. The molecule has 1 aromatic rings. The minimum absolute atomic E-state index is 0.0673. The predicted molar refractivity (Wildman–Crippen MR) is 111 cm³/mol. The van der Waals surface area contributed by atoms with E-state index >= 15 is 0 Å². The Morgan fingerprint density at radius 1 is 1.23 bits per heavy atom. The highest BCUT2D eigenvalue weighted by Gasteiger charge is 2.37. The molecular weight excluding hydrogens is 436 g/mol. The van der Waals surface area contributed by atoms with E-state index in [2.05, 4.69) is 10.3 Å². The van der Waals surface area contributed by atoms with Crippen LogP contribution in [0.25, 0.3) is 0 Å². The number of hydrogen-bond acceptors (Lipinski definition) is 4. The molecular formula is C20H24F4N4O2S. The number of anilines is 1. The van der Waals surface area contributed by atoms with Gasteiger partial charge < -0.3 is 11.1 Å². The highest BCUT2D eigenvalue weighted by atomic mass is 32.2. The molecule has 0 spiro atoms. The number of amidine groups is 1. The van der Waals surface area contributed by atoms with Crippen molar-refractivity contribution in [3.8, 4) is 0 Å². The Morgan fingerprint density at radius 3 is 2.52 bits per heavy atom. The Morgan fingerprint density at radius 2 is 1.90 bits per heavy atom. The summed E-state index contributed by atoms with van der Waals surface area (Å²) < 4.78 is 53.4. The Hall–Kier alpha value is -2.30. The molecule has 31 heavy (non-hydrogen) atoms. The molecule has 11 heteroatoms. The van der Waals surface area contributed by atoms with Gasteiger partial charge in [0.15, 0.2) is 5.17 Å². The lowest BCUT2D eigenvalue weighted by Gasteiger charge is -2.25. The molecule has 1 atom stereocenters. The second-order valence-electron chi connectivity index (χ2n) is 7.61. The summed E-state index contributed by atoms with van der Waals surface area (Å²) in [6, 6.07) is 1.05. The first-order chi connectivity index (χ1) is 14.6. The van der Waals surface area contributed by atoms with Crippen molar-refractivity contribution in [1.82, 2.24) is 5.32 Å². The van der Waals surface area contributed by atoms with Crippen LogP contribution in [0.15, 0.2) is 23.2 Å². The molecule has 1 aliphatic carbocycles. The van der Waals surface area contributed by atoms with E-state index in [4.69, 9.17) is 5.73 Å². The summed E-state index contributed by atoms with van der Waals surface area (Å²) in [4.78, 5) is 29.5. The molecule has 3 N–H and O–H groups in total.